The molecule has 0 radical (unpaired) electrons. The molecule has 7 nitrogen and oxygen atoms in total. The molecule has 0 N–H and O–H groups in total. The Kier molecular flexibility index (Phi) is 4.71. The second-order valence-corrected chi connectivity index (χ2v) is 5.99. The van der Waals surface area contributed by atoms with Crippen LogP contribution in [0.15, 0.2) is 14.9 Å². The van der Waals surface area contributed by atoms with Crippen LogP contribution in [0.1, 0.15) is 60.0 Å². The maximum atomic E-state index is 13.0. The predicted molar refractivity (Wildman–Crippen MR) is 85.7 cm³/mol. The van der Waals surface area contributed by atoms with Gasteiger partial charge in [-0.1, -0.05) is 13.8 Å². The van der Waals surface area contributed by atoms with Crippen LogP contribution in [-0.2, 0) is 17.6 Å². The van der Waals surface area contributed by atoms with Gasteiger partial charge in [0.15, 0.2) is 5.76 Å². The second-order valence-electron chi connectivity index (χ2n) is 5.99. The number of aryl methyl sites for hydroxylation is 3. The van der Waals surface area contributed by atoms with E-state index in [1.54, 1.807) is 18.9 Å². The zero-order valence-corrected chi connectivity index (χ0v) is 14.5. The van der Waals surface area contributed by atoms with E-state index < -0.39 is 0 Å². The number of ether oxygens (including phenoxy) is 1. The molecule has 3 rings (SSSR count). The molecule has 1 saturated heterocycles. The van der Waals surface area contributed by atoms with Crippen molar-refractivity contribution in [3.63, 3.8) is 0 Å². The topological polar surface area (TPSA) is 81.6 Å². The van der Waals surface area contributed by atoms with E-state index in [1.165, 1.54) is 0 Å². The molecule has 0 aliphatic carbocycles. The van der Waals surface area contributed by atoms with Crippen LogP contribution in [-0.4, -0.2) is 40.8 Å². The van der Waals surface area contributed by atoms with Gasteiger partial charge in [0.2, 0.25) is 11.8 Å². The van der Waals surface area contributed by atoms with E-state index in [9.17, 15) is 4.79 Å². The van der Waals surface area contributed by atoms with Crippen LogP contribution >= 0.6 is 0 Å². The summed E-state index contributed by atoms with van der Waals surface area (Å²) >= 11 is 0. The largest absolute Gasteiger partial charge is 0.456 e. The highest BCUT2D eigenvalue weighted by Gasteiger charge is 2.40. The Balaban J connectivity index is 1.89. The molecule has 0 spiro atoms. The molecule has 130 valence electrons. The smallest absolute Gasteiger partial charge is 0.290 e. The van der Waals surface area contributed by atoms with Crippen molar-refractivity contribution in [2.45, 2.75) is 52.2 Å². The van der Waals surface area contributed by atoms with Crippen molar-refractivity contribution in [3.8, 4) is 0 Å². The number of carbonyl (C=O) groups is 1. The van der Waals surface area contributed by atoms with E-state index in [-0.39, 0.29) is 18.1 Å². The van der Waals surface area contributed by atoms with Crippen molar-refractivity contribution in [2.24, 2.45) is 0 Å². The van der Waals surface area contributed by atoms with Crippen LogP contribution < -0.4 is 0 Å². The zero-order valence-electron chi connectivity index (χ0n) is 14.5. The van der Waals surface area contributed by atoms with Gasteiger partial charge in [0, 0.05) is 33.4 Å². The fourth-order valence-corrected chi connectivity index (χ4v) is 3.19. The summed E-state index contributed by atoms with van der Waals surface area (Å²) in [5, 5.41) is 7.96. The van der Waals surface area contributed by atoms with Gasteiger partial charge in [-0.2, -0.15) is 0 Å². The minimum Gasteiger partial charge on any atom is -0.456 e. The van der Waals surface area contributed by atoms with Crippen LogP contribution in [0.4, 0.5) is 0 Å². The Bertz CT molecular complexity index is 700. The van der Waals surface area contributed by atoms with Crippen LogP contribution in [0.2, 0.25) is 0 Å². The standard InChI is InChI=1S/C17H23N3O4/c1-5-11-7-15(24-14(11)6-2)17(21)20-9-12(22-4)8-13(20)16-19-18-10(3)23-16/h7,12-13H,5-6,8-9H2,1-4H3/t12-,13-/m1/s1. The molecule has 1 fully saturated rings. The van der Waals surface area contributed by atoms with Crippen molar-refractivity contribution in [1.82, 2.24) is 15.1 Å². The molecular weight excluding hydrogens is 310 g/mol. The molecule has 0 unspecified atom stereocenters. The monoisotopic (exact) mass is 333 g/mol. The maximum Gasteiger partial charge on any atom is 0.290 e. The highest BCUT2D eigenvalue weighted by molar-refractivity contribution is 5.92. The Labute approximate surface area is 141 Å². The average Bonchev–Trinajstić information content (AvgIpc) is 3.30. The van der Waals surface area contributed by atoms with Crippen LogP contribution in [0, 0.1) is 6.92 Å². The summed E-state index contributed by atoms with van der Waals surface area (Å²) in [6.07, 6.45) is 2.18. The number of methoxy groups -OCH3 is 1. The first kappa shape index (κ1) is 16.7. The van der Waals surface area contributed by atoms with E-state index in [4.69, 9.17) is 13.6 Å². The minimum absolute atomic E-state index is 0.0580. The normalized spacial score (nSPS) is 20.8. The van der Waals surface area contributed by atoms with Crippen LogP contribution in [0.5, 0.6) is 0 Å². The molecule has 24 heavy (non-hydrogen) atoms. The Morgan fingerprint density at radius 1 is 1.33 bits per heavy atom. The Hall–Kier alpha value is -2.15. The molecule has 1 aliphatic rings. The first-order valence-electron chi connectivity index (χ1n) is 8.32. The van der Waals surface area contributed by atoms with Crippen molar-refractivity contribution in [3.05, 3.63) is 34.9 Å². The molecule has 1 aliphatic heterocycles. The van der Waals surface area contributed by atoms with Gasteiger partial charge < -0.3 is 18.5 Å². The fourth-order valence-electron chi connectivity index (χ4n) is 3.19. The average molecular weight is 333 g/mol. The Morgan fingerprint density at radius 2 is 2.12 bits per heavy atom. The number of carbonyl (C=O) groups excluding carboxylic acids is 1. The second kappa shape index (κ2) is 6.76. The first-order chi connectivity index (χ1) is 11.6. The van der Waals surface area contributed by atoms with Gasteiger partial charge in [-0.15, -0.1) is 10.2 Å². The number of amides is 1. The molecule has 2 aromatic heterocycles. The minimum atomic E-state index is -0.288. The van der Waals surface area contributed by atoms with Crippen molar-refractivity contribution in [1.29, 1.82) is 0 Å². The van der Waals surface area contributed by atoms with Gasteiger partial charge in [0.25, 0.3) is 5.91 Å². The molecule has 0 aromatic carbocycles. The predicted octanol–water partition coefficient (Wildman–Crippen LogP) is 2.70. The molecule has 0 bridgehead atoms. The summed E-state index contributed by atoms with van der Waals surface area (Å²) in [6, 6.07) is 1.56. The van der Waals surface area contributed by atoms with E-state index in [2.05, 4.69) is 17.1 Å². The van der Waals surface area contributed by atoms with Gasteiger partial charge in [-0.25, -0.2) is 0 Å². The number of furan rings is 1. The van der Waals surface area contributed by atoms with Gasteiger partial charge in [-0.05, 0) is 18.1 Å². The van der Waals surface area contributed by atoms with E-state index >= 15 is 0 Å². The summed E-state index contributed by atoms with van der Waals surface area (Å²) in [5.74, 6) is 2.00. The van der Waals surface area contributed by atoms with Gasteiger partial charge in [0.1, 0.15) is 11.8 Å². The van der Waals surface area contributed by atoms with Crippen molar-refractivity contribution in [2.75, 3.05) is 13.7 Å². The summed E-state index contributed by atoms with van der Waals surface area (Å²) in [5.41, 5.74) is 1.08. The van der Waals surface area contributed by atoms with E-state index in [0.717, 1.165) is 24.2 Å². The SMILES string of the molecule is CCc1cc(C(=O)N2C[C@H](OC)C[C@@H]2c2nnc(C)o2)oc1CC. The third kappa shape index (κ3) is 2.96. The number of rotatable bonds is 5. The molecule has 7 heteroatoms. The lowest BCUT2D eigenvalue weighted by Gasteiger charge is -2.20. The lowest BCUT2D eigenvalue weighted by atomic mass is 10.1. The van der Waals surface area contributed by atoms with Crippen LogP contribution in [0.3, 0.4) is 0 Å². The Morgan fingerprint density at radius 3 is 2.67 bits per heavy atom. The molecular formula is C17H23N3O4. The molecule has 2 aromatic rings. The molecule has 3 heterocycles. The molecule has 0 saturated carbocycles. The third-order valence-corrected chi connectivity index (χ3v) is 4.49. The number of hydrogen-bond acceptors (Lipinski definition) is 6. The lowest BCUT2D eigenvalue weighted by Crippen LogP contribution is -2.32. The lowest BCUT2D eigenvalue weighted by molar-refractivity contribution is 0.0642. The summed E-state index contributed by atoms with van der Waals surface area (Å²) in [7, 11) is 1.64. The quantitative estimate of drug-likeness (QED) is 0.837. The first-order valence-corrected chi connectivity index (χ1v) is 8.32. The number of nitrogens with zero attached hydrogens (tertiary/aromatic N) is 3. The van der Waals surface area contributed by atoms with E-state index in [0.29, 0.717) is 30.5 Å². The van der Waals surface area contributed by atoms with Crippen molar-refractivity contribution < 1.29 is 18.4 Å². The summed E-state index contributed by atoms with van der Waals surface area (Å²) in [6.45, 7) is 6.29. The number of hydrogen-bond donors (Lipinski definition) is 0. The molecule has 2 atom stereocenters. The summed E-state index contributed by atoms with van der Waals surface area (Å²) < 4.78 is 16.8. The summed E-state index contributed by atoms with van der Waals surface area (Å²) in [4.78, 5) is 14.7. The van der Waals surface area contributed by atoms with Gasteiger partial charge in [0.05, 0.1) is 6.10 Å². The third-order valence-electron chi connectivity index (χ3n) is 4.49. The van der Waals surface area contributed by atoms with Crippen molar-refractivity contribution >= 4 is 5.91 Å². The maximum absolute atomic E-state index is 13.0. The van der Waals surface area contributed by atoms with Crippen LogP contribution in [0.25, 0.3) is 0 Å². The highest BCUT2D eigenvalue weighted by atomic mass is 16.5. The van der Waals surface area contributed by atoms with Gasteiger partial charge in [-0.3, -0.25) is 4.79 Å². The van der Waals surface area contributed by atoms with Gasteiger partial charge >= 0.3 is 0 Å². The molecule has 1 amide bonds. The number of aromatic nitrogens is 2. The fraction of sp³-hybridized carbons (Fsp3) is 0.588. The van der Waals surface area contributed by atoms with E-state index in [1.807, 2.05) is 13.0 Å². The highest BCUT2D eigenvalue weighted by Crippen LogP contribution is 2.34. The zero-order chi connectivity index (χ0) is 17.3. The number of likely N-dealkylation sites (tertiary alicyclic amines) is 1.